The van der Waals surface area contributed by atoms with E-state index < -0.39 is 0 Å². The van der Waals surface area contributed by atoms with Crippen LogP contribution in [0.2, 0.25) is 0 Å². The molecule has 1 saturated heterocycles. The van der Waals surface area contributed by atoms with E-state index in [0.29, 0.717) is 6.42 Å². The Hall–Kier alpha value is -1.07. The van der Waals surface area contributed by atoms with Crippen molar-refractivity contribution in [1.29, 1.82) is 0 Å². The summed E-state index contributed by atoms with van der Waals surface area (Å²) in [4.78, 5) is 17.0. The Kier molecular flexibility index (Phi) is 5.65. The zero-order valence-electron chi connectivity index (χ0n) is 13.2. The van der Waals surface area contributed by atoms with Crippen LogP contribution in [0.15, 0.2) is 6.07 Å². The Morgan fingerprint density at radius 3 is 2.90 bits per heavy atom. The van der Waals surface area contributed by atoms with Crippen LogP contribution in [0.1, 0.15) is 54.0 Å². The third kappa shape index (κ3) is 3.98. The zero-order chi connectivity index (χ0) is 15.4. The molecule has 0 aromatic carbocycles. The Bertz CT molecular complexity index is 485. The minimum Gasteiger partial charge on any atom is -0.396 e. The molecule has 0 spiro atoms. The number of carbonyl (C=O) groups excluding carboxylic acids is 1. The second-order valence-corrected chi connectivity index (χ2v) is 7.36. The molecule has 1 aromatic heterocycles. The molecule has 2 heterocycles. The molecule has 118 valence electrons. The first-order valence-electron chi connectivity index (χ1n) is 7.78. The minimum absolute atomic E-state index is 0.00361. The highest BCUT2D eigenvalue weighted by Crippen LogP contribution is 2.27. The standard InChI is InChI=1S/C16H26N2O2S/c1-11-10-15(13(3)21-11)12(2)17-16(20)18-8-5-4-6-14(18)7-9-19/h10,12,14,19H,4-9H2,1-3H3,(H,17,20). The van der Waals surface area contributed by atoms with Crippen LogP contribution in [-0.4, -0.2) is 35.2 Å². The average Bonchev–Trinajstić information content (AvgIpc) is 2.78. The number of nitrogens with one attached hydrogen (secondary N) is 1. The number of carbonyl (C=O) groups is 1. The summed E-state index contributed by atoms with van der Waals surface area (Å²) in [6.45, 7) is 7.18. The maximum absolute atomic E-state index is 12.5. The molecule has 0 saturated carbocycles. The van der Waals surface area contributed by atoms with Gasteiger partial charge in [-0.1, -0.05) is 0 Å². The van der Waals surface area contributed by atoms with Gasteiger partial charge < -0.3 is 15.3 Å². The molecule has 0 radical (unpaired) electrons. The Balaban J connectivity index is 2.00. The smallest absolute Gasteiger partial charge is 0.318 e. The quantitative estimate of drug-likeness (QED) is 0.896. The van der Waals surface area contributed by atoms with Crippen molar-refractivity contribution in [3.05, 3.63) is 21.4 Å². The molecule has 0 aliphatic carbocycles. The molecule has 1 aromatic rings. The van der Waals surface area contributed by atoms with Gasteiger partial charge in [0.1, 0.15) is 0 Å². The van der Waals surface area contributed by atoms with Crippen LogP contribution in [-0.2, 0) is 0 Å². The van der Waals surface area contributed by atoms with Crippen molar-refractivity contribution < 1.29 is 9.90 Å². The molecule has 1 aliphatic heterocycles. The topological polar surface area (TPSA) is 52.6 Å². The Morgan fingerprint density at radius 1 is 1.52 bits per heavy atom. The number of likely N-dealkylation sites (tertiary alicyclic amines) is 1. The third-order valence-corrected chi connectivity index (χ3v) is 5.22. The average molecular weight is 310 g/mol. The number of hydrogen-bond acceptors (Lipinski definition) is 3. The number of urea groups is 1. The molecule has 2 unspecified atom stereocenters. The van der Waals surface area contributed by atoms with Gasteiger partial charge in [0, 0.05) is 28.9 Å². The summed E-state index contributed by atoms with van der Waals surface area (Å²) in [5.74, 6) is 0. The second-order valence-electron chi connectivity index (χ2n) is 5.90. The lowest BCUT2D eigenvalue weighted by Crippen LogP contribution is -2.49. The largest absolute Gasteiger partial charge is 0.396 e. The molecule has 21 heavy (non-hydrogen) atoms. The molecule has 2 amide bonds. The van der Waals surface area contributed by atoms with Crippen molar-refractivity contribution in [2.75, 3.05) is 13.2 Å². The molecule has 2 N–H and O–H groups in total. The van der Waals surface area contributed by atoms with Crippen LogP contribution in [0.4, 0.5) is 4.79 Å². The van der Waals surface area contributed by atoms with E-state index in [2.05, 4.69) is 25.2 Å². The summed E-state index contributed by atoms with van der Waals surface area (Å²) >= 11 is 1.77. The molecule has 2 atom stereocenters. The Labute approximate surface area is 131 Å². The van der Waals surface area contributed by atoms with Gasteiger partial charge in [0.25, 0.3) is 0 Å². The van der Waals surface area contributed by atoms with Gasteiger partial charge in [0.05, 0.1) is 6.04 Å². The van der Waals surface area contributed by atoms with Gasteiger partial charge in [0.15, 0.2) is 0 Å². The highest BCUT2D eigenvalue weighted by molar-refractivity contribution is 7.12. The lowest BCUT2D eigenvalue weighted by atomic mass is 10.00. The van der Waals surface area contributed by atoms with Gasteiger partial charge in [-0.05, 0) is 58.1 Å². The Morgan fingerprint density at radius 2 is 2.29 bits per heavy atom. The van der Waals surface area contributed by atoms with E-state index in [-0.39, 0.29) is 24.7 Å². The lowest BCUT2D eigenvalue weighted by molar-refractivity contribution is 0.130. The van der Waals surface area contributed by atoms with Crippen LogP contribution in [0.5, 0.6) is 0 Å². The van der Waals surface area contributed by atoms with Gasteiger partial charge in [-0.2, -0.15) is 0 Å². The summed E-state index contributed by atoms with van der Waals surface area (Å²) < 4.78 is 0. The maximum Gasteiger partial charge on any atom is 0.318 e. The number of aryl methyl sites for hydroxylation is 2. The second kappa shape index (κ2) is 7.27. The van der Waals surface area contributed by atoms with E-state index in [4.69, 9.17) is 5.11 Å². The predicted molar refractivity (Wildman–Crippen MR) is 86.8 cm³/mol. The summed E-state index contributed by atoms with van der Waals surface area (Å²) in [7, 11) is 0. The van der Waals surface area contributed by atoms with Gasteiger partial charge in [-0.25, -0.2) is 4.79 Å². The van der Waals surface area contributed by atoms with Crippen LogP contribution in [0.25, 0.3) is 0 Å². The number of aliphatic hydroxyl groups is 1. The van der Waals surface area contributed by atoms with Crippen molar-refractivity contribution >= 4 is 17.4 Å². The maximum atomic E-state index is 12.5. The van der Waals surface area contributed by atoms with Gasteiger partial charge in [0.2, 0.25) is 0 Å². The molecule has 5 heteroatoms. The van der Waals surface area contributed by atoms with Crippen molar-refractivity contribution in [2.24, 2.45) is 0 Å². The first-order valence-corrected chi connectivity index (χ1v) is 8.59. The van der Waals surface area contributed by atoms with Crippen molar-refractivity contribution in [2.45, 2.75) is 58.5 Å². The fourth-order valence-electron chi connectivity index (χ4n) is 3.14. The number of thiophene rings is 1. The summed E-state index contributed by atoms with van der Waals surface area (Å²) in [5.41, 5.74) is 1.21. The number of hydrogen-bond donors (Lipinski definition) is 2. The molecular formula is C16H26N2O2S. The van der Waals surface area contributed by atoms with Gasteiger partial charge in [-0.3, -0.25) is 0 Å². The van der Waals surface area contributed by atoms with E-state index in [1.165, 1.54) is 15.3 Å². The van der Waals surface area contributed by atoms with Gasteiger partial charge in [-0.15, -0.1) is 11.3 Å². The molecular weight excluding hydrogens is 284 g/mol. The predicted octanol–water partition coefficient (Wildman–Crippen LogP) is 3.37. The SMILES string of the molecule is Cc1cc(C(C)NC(=O)N2CCCCC2CCO)c(C)s1. The van der Waals surface area contributed by atoms with Crippen molar-refractivity contribution in [3.8, 4) is 0 Å². The first kappa shape index (κ1) is 16.3. The van der Waals surface area contributed by atoms with Crippen LogP contribution in [0.3, 0.4) is 0 Å². The van der Waals surface area contributed by atoms with Crippen molar-refractivity contribution in [3.63, 3.8) is 0 Å². The summed E-state index contributed by atoms with van der Waals surface area (Å²) in [6.07, 6.45) is 3.88. The van der Waals surface area contributed by atoms with Crippen LogP contribution in [0, 0.1) is 13.8 Å². The van der Waals surface area contributed by atoms with Gasteiger partial charge >= 0.3 is 6.03 Å². The fraction of sp³-hybridized carbons (Fsp3) is 0.688. The number of rotatable bonds is 4. The number of aliphatic hydroxyl groups excluding tert-OH is 1. The highest BCUT2D eigenvalue weighted by atomic mass is 32.1. The van der Waals surface area contributed by atoms with Crippen LogP contribution < -0.4 is 5.32 Å². The van der Waals surface area contributed by atoms with E-state index in [1.54, 1.807) is 11.3 Å². The lowest BCUT2D eigenvalue weighted by Gasteiger charge is -2.36. The van der Waals surface area contributed by atoms with E-state index in [9.17, 15) is 4.79 Å². The number of nitrogens with zero attached hydrogens (tertiary/aromatic N) is 1. The molecule has 2 rings (SSSR count). The number of amides is 2. The third-order valence-electron chi connectivity index (χ3n) is 4.24. The molecule has 4 nitrogen and oxygen atoms in total. The van der Waals surface area contributed by atoms with Crippen molar-refractivity contribution in [1.82, 2.24) is 10.2 Å². The molecule has 1 fully saturated rings. The normalized spacial score (nSPS) is 20.4. The first-order chi connectivity index (χ1) is 10.0. The summed E-state index contributed by atoms with van der Waals surface area (Å²) in [6, 6.07) is 2.37. The highest BCUT2D eigenvalue weighted by Gasteiger charge is 2.27. The number of piperidine rings is 1. The monoisotopic (exact) mass is 310 g/mol. The van der Waals surface area contributed by atoms with E-state index >= 15 is 0 Å². The van der Waals surface area contributed by atoms with E-state index in [0.717, 1.165) is 25.8 Å². The fourth-order valence-corrected chi connectivity index (χ4v) is 4.17. The molecule has 0 bridgehead atoms. The summed E-state index contributed by atoms with van der Waals surface area (Å²) in [5, 5.41) is 12.3. The zero-order valence-corrected chi connectivity index (χ0v) is 14.0. The van der Waals surface area contributed by atoms with E-state index in [1.807, 2.05) is 11.8 Å². The van der Waals surface area contributed by atoms with Crippen LogP contribution >= 0.6 is 11.3 Å². The minimum atomic E-state index is 0.00361. The molecule has 1 aliphatic rings.